The Morgan fingerprint density at radius 1 is 1.45 bits per heavy atom. The fraction of sp³-hybridized carbons (Fsp3) is 0.200. The number of benzene rings is 1. The van der Waals surface area contributed by atoms with Crippen LogP contribution in [-0.4, -0.2) is 0 Å². The van der Waals surface area contributed by atoms with E-state index in [0.29, 0.717) is 0 Å². The summed E-state index contributed by atoms with van der Waals surface area (Å²) in [6, 6.07) is 8.03. The Labute approximate surface area is 73.4 Å². The standard InChI is InChI=1S/C10H12S/c1-3-8(2)9-6-4-5-7-10(9)11/h4-7,11H,2-3H2,1H3. The molecular formula is C10H12S. The van der Waals surface area contributed by atoms with E-state index >= 15 is 0 Å². The average molecular weight is 164 g/mol. The number of thiol groups is 1. The van der Waals surface area contributed by atoms with Crippen molar-refractivity contribution >= 4 is 18.2 Å². The third-order valence-corrected chi connectivity index (χ3v) is 2.10. The lowest BCUT2D eigenvalue weighted by Gasteiger charge is -2.04. The summed E-state index contributed by atoms with van der Waals surface area (Å²) in [6.45, 7) is 6.06. The van der Waals surface area contributed by atoms with Gasteiger partial charge in [0.15, 0.2) is 0 Å². The number of rotatable bonds is 2. The largest absolute Gasteiger partial charge is 0.143 e. The molecule has 58 valence electrons. The molecule has 0 aliphatic rings. The SMILES string of the molecule is C=C(CC)c1ccccc1S. The Hall–Kier alpha value is -0.690. The molecule has 0 aliphatic heterocycles. The first-order valence-electron chi connectivity index (χ1n) is 3.72. The van der Waals surface area contributed by atoms with Gasteiger partial charge in [-0.25, -0.2) is 0 Å². The molecule has 1 rings (SSSR count). The molecule has 0 bridgehead atoms. The molecule has 11 heavy (non-hydrogen) atoms. The fourth-order valence-electron chi connectivity index (χ4n) is 0.963. The molecule has 1 aromatic carbocycles. The van der Waals surface area contributed by atoms with Crippen LogP contribution >= 0.6 is 12.6 Å². The van der Waals surface area contributed by atoms with Crippen LogP contribution in [0, 0.1) is 0 Å². The van der Waals surface area contributed by atoms with Gasteiger partial charge in [-0.15, -0.1) is 12.6 Å². The molecule has 0 N–H and O–H groups in total. The van der Waals surface area contributed by atoms with Crippen molar-refractivity contribution in [3.8, 4) is 0 Å². The Morgan fingerprint density at radius 3 is 2.64 bits per heavy atom. The van der Waals surface area contributed by atoms with E-state index in [0.717, 1.165) is 16.9 Å². The maximum absolute atomic E-state index is 4.33. The van der Waals surface area contributed by atoms with Crippen molar-refractivity contribution < 1.29 is 0 Å². The molecule has 1 heteroatoms. The summed E-state index contributed by atoms with van der Waals surface area (Å²) in [4.78, 5) is 1.01. The molecule has 0 aromatic heterocycles. The highest BCUT2D eigenvalue weighted by Crippen LogP contribution is 2.22. The molecule has 0 saturated carbocycles. The normalized spacial score (nSPS) is 9.64. The van der Waals surface area contributed by atoms with Crippen molar-refractivity contribution in [3.63, 3.8) is 0 Å². The molecular weight excluding hydrogens is 152 g/mol. The molecule has 0 unspecified atom stereocenters. The van der Waals surface area contributed by atoms with Gasteiger partial charge >= 0.3 is 0 Å². The predicted molar refractivity (Wildman–Crippen MR) is 53.0 cm³/mol. The number of hydrogen-bond donors (Lipinski definition) is 1. The van der Waals surface area contributed by atoms with Crippen LogP contribution in [0.15, 0.2) is 35.7 Å². The second-order valence-electron chi connectivity index (χ2n) is 2.47. The molecule has 0 amide bonds. The Balaban J connectivity index is 3.03. The first-order chi connectivity index (χ1) is 5.25. The van der Waals surface area contributed by atoms with Crippen LogP contribution in [0.2, 0.25) is 0 Å². The van der Waals surface area contributed by atoms with Crippen LogP contribution in [0.4, 0.5) is 0 Å². The highest BCUT2D eigenvalue weighted by atomic mass is 32.1. The van der Waals surface area contributed by atoms with E-state index in [-0.39, 0.29) is 0 Å². The lowest BCUT2D eigenvalue weighted by atomic mass is 10.1. The van der Waals surface area contributed by atoms with Crippen LogP contribution in [0.3, 0.4) is 0 Å². The number of allylic oxidation sites excluding steroid dienone is 1. The third-order valence-electron chi connectivity index (χ3n) is 1.71. The summed E-state index contributed by atoms with van der Waals surface area (Å²) < 4.78 is 0. The highest BCUT2D eigenvalue weighted by molar-refractivity contribution is 7.80. The van der Waals surface area contributed by atoms with Gasteiger partial charge in [-0.3, -0.25) is 0 Å². The third kappa shape index (κ3) is 1.87. The molecule has 0 nitrogen and oxygen atoms in total. The Kier molecular flexibility index (Phi) is 2.77. The van der Waals surface area contributed by atoms with Gasteiger partial charge in [0.25, 0.3) is 0 Å². The summed E-state index contributed by atoms with van der Waals surface area (Å²) in [5.74, 6) is 0. The lowest BCUT2D eigenvalue weighted by molar-refractivity contribution is 1.22. The molecule has 0 radical (unpaired) electrons. The van der Waals surface area contributed by atoms with E-state index in [9.17, 15) is 0 Å². The minimum Gasteiger partial charge on any atom is -0.143 e. The minimum absolute atomic E-state index is 0.984. The average Bonchev–Trinajstić information content (AvgIpc) is 2.04. The van der Waals surface area contributed by atoms with E-state index in [1.807, 2.05) is 24.3 Å². The van der Waals surface area contributed by atoms with E-state index < -0.39 is 0 Å². The topological polar surface area (TPSA) is 0 Å². The van der Waals surface area contributed by atoms with Crippen molar-refractivity contribution in [2.45, 2.75) is 18.2 Å². The van der Waals surface area contributed by atoms with Gasteiger partial charge in [0.2, 0.25) is 0 Å². The van der Waals surface area contributed by atoms with Crippen molar-refractivity contribution in [2.75, 3.05) is 0 Å². The second-order valence-corrected chi connectivity index (χ2v) is 2.96. The van der Waals surface area contributed by atoms with Crippen LogP contribution in [0.1, 0.15) is 18.9 Å². The smallest absolute Gasteiger partial charge is 0.0115 e. The van der Waals surface area contributed by atoms with E-state index in [1.165, 1.54) is 5.56 Å². The summed E-state index contributed by atoms with van der Waals surface area (Å²) in [5.41, 5.74) is 2.31. The quantitative estimate of drug-likeness (QED) is 0.636. The lowest BCUT2D eigenvalue weighted by Crippen LogP contribution is -1.81. The zero-order valence-corrected chi connectivity index (χ0v) is 7.57. The molecule has 0 fully saturated rings. The van der Waals surface area contributed by atoms with Crippen LogP contribution in [0.5, 0.6) is 0 Å². The van der Waals surface area contributed by atoms with Gasteiger partial charge in [0, 0.05) is 4.90 Å². The Morgan fingerprint density at radius 2 is 2.09 bits per heavy atom. The van der Waals surface area contributed by atoms with Crippen molar-refractivity contribution in [1.82, 2.24) is 0 Å². The minimum atomic E-state index is 0.984. The monoisotopic (exact) mass is 164 g/mol. The van der Waals surface area contributed by atoms with Gasteiger partial charge in [0.1, 0.15) is 0 Å². The fourth-order valence-corrected chi connectivity index (χ4v) is 1.28. The summed E-state index contributed by atoms with van der Waals surface area (Å²) in [7, 11) is 0. The van der Waals surface area contributed by atoms with Crippen molar-refractivity contribution in [1.29, 1.82) is 0 Å². The Bertz CT molecular complexity index is 263. The second kappa shape index (κ2) is 3.63. The summed E-state index contributed by atoms with van der Waals surface area (Å²) in [6.07, 6.45) is 0.984. The van der Waals surface area contributed by atoms with Crippen molar-refractivity contribution in [2.24, 2.45) is 0 Å². The predicted octanol–water partition coefficient (Wildman–Crippen LogP) is 3.40. The molecule has 0 spiro atoms. The maximum Gasteiger partial charge on any atom is 0.0115 e. The maximum atomic E-state index is 4.33. The van der Waals surface area contributed by atoms with Crippen LogP contribution in [0.25, 0.3) is 5.57 Å². The van der Waals surface area contributed by atoms with Gasteiger partial charge in [-0.2, -0.15) is 0 Å². The zero-order chi connectivity index (χ0) is 8.27. The van der Waals surface area contributed by atoms with Gasteiger partial charge in [-0.05, 0) is 23.6 Å². The first kappa shape index (κ1) is 8.41. The van der Waals surface area contributed by atoms with Crippen LogP contribution < -0.4 is 0 Å². The summed E-state index contributed by atoms with van der Waals surface area (Å²) >= 11 is 4.33. The molecule has 1 aromatic rings. The van der Waals surface area contributed by atoms with Gasteiger partial charge < -0.3 is 0 Å². The zero-order valence-electron chi connectivity index (χ0n) is 6.67. The highest BCUT2D eigenvalue weighted by Gasteiger charge is 1.98. The van der Waals surface area contributed by atoms with Crippen molar-refractivity contribution in [3.05, 3.63) is 36.4 Å². The van der Waals surface area contributed by atoms with Crippen LogP contribution in [-0.2, 0) is 0 Å². The van der Waals surface area contributed by atoms with Gasteiger partial charge in [0.05, 0.1) is 0 Å². The first-order valence-corrected chi connectivity index (χ1v) is 4.16. The molecule has 0 heterocycles. The van der Waals surface area contributed by atoms with E-state index in [2.05, 4.69) is 26.1 Å². The molecule has 0 atom stereocenters. The number of hydrogen-bond acceptors (Lipinski definition) is 1. The summed E-state index contributed by atoms with van der Waals surface area (Å²) in [5, 5.41) is 0. The van der Waals surface area contributed by atoms with E-state index in [1.54, 1.807) is 0 Å². The molecule has 0 aliphatic carbocycles. The molecule has 0 saturated heterocycles. The van der Waals surface area contributed by atoms with E-state index in [4.69, 9.17) is 0 Å². The van der Waals surface area contributed by atoms with Gasteiger partial charge in [-0.1, -0.05) is 31.7 Å².